The summed E-state index contributed by atoms with van der Waals surface area (Å²) in [6.07, 6.45) is 3.74. The molecule has 2 fully saturated rings. The highest BCUT2D eigenvalue weighted by atomic mass is 16.7. The molecule has 8 heteroatoms. The van der Waals surface area contributed by atoms with Crippen LogP contribution in [0, 0.1) is 0 Å². The van der Waals surface area contributed by atoms with Crippen molar-refractivity contribution in [1.29, 1.82) is 0 Å². The second-order valence-electron chi connectivity index (χ2n) is 8.57. The summed E-state index contributed by atoms with van der Waals surface area (Å²) in [6.45, 7) is 11.9. The quantitative estimate of drug-likeness (QED) is 0.734. The van der Waals surface area contributed by atoms with Gasteiger partial charge in [-0.25, -0.2) is 9.97 Å². The van der Waals surface area contributed by atoms with Crippen LogP contribution in [-0.2, 0) is 9.31 Å². The van der Waals surface area contributed by atoms with Crippen molar-refractivity contribution in [2.75, 3.05) is 43.1 Å². The molecule has 0 aliphatic carbocycles. The number of hydrogen-bond donors (Lipinski definition) is 0. The molecule has 0 unspecified atom stereocenters. The van der Waals surface area contributed by atoms with Crippen LogP contribution in [0.3, 0.4) is 0 Å². The van der Waals surface area contributed by atoms with E-state index in [1.165, 1.54) is 0 Å². The Balaban J connectivity index is 1.37. The summed E-state index contributed by atoms with van der Waals surface area (Å²) < 4.78 is 17.4. The number of hydrogen-bond acceptors (Lipinski definition) is 7. The lowest BCUT2D eigenvalue weighted by Crippen LogP contribution is -2.47. The molecule has 0 amide bonds. The third kappa shape index (κ3) is 3.91. The maximum absolute atomic E-state index is 6.12. The number of anilines is 2. The molecule has 0 aromatic carbocycles. The normalized spacial score (nSPS) is 20.8. The van der Waals surface area contributed by atoms with E-state index < -0.39 is 0 Å². The van der Waals surface area contributed by atoms with Crippen molar-refractivity contribution in [2.24, 2.45) is 0 Å². The van der Waals surface area contributed by atoms with Crippen LogP contribution in [0.5, 0.6) is 5.88 Å². The van der Waals surface area contributed by atoms with Gasteiger partial charge in [0.2, 0.25) is 5.88 Å². The molecule has 0 spiro atoms. The molecule has 2 aliphatic rings. The molecule has 7 nitrogen and oxygen atoms in total. The van der Waals surface area contributed by atoms with Gasteiger partial charge < -0.3 is 23.8 Å². The number of rotatable bonds is 4. The van der Waals surface area contributed by atoms with Crippen molar-refractivity contribution < 1.29 is 14.0 Å². The molecule has 0 saturated carbocycles. The van der Waals surface area contributed by atoms with Gasteiger partial charge in [0.05, 0.1) is 30.2 Å². The van der Waals surface area contributed by atoms with Crippen LogP contribution in [0.15, 0.2) is 36.7 Å². The number of piperazine rings is 1. The molecule has 154 valence electrons. The average molecular weight is 396 g/mol. The molecule has 0 bridgehead atoms. The Labute approximate surface area is 173 Å². The fourth-order valence-corrected chi connectivity index (χ4v) is 3.58. The van der Waals surface area contributed by atoms with E-state index in [9.17, 15) is 0 Å². The Morgan fingerprint density at radius 3 is 2.03 bits per heavy atom. The maximum atomic E-state index is 6.12. The molecule has 4 heterocycles. The summed E-state index contributed by atoms with van der Waals surface area (Å²) in [5.74, 6) is 1.62. The van der Waals surface area contributed by atoms with Crippen molar-refractivity contribution in [1.82, 2.24) is 9.97 Å². The Kier molecular flexibility index (Phi) is 5.17. The Bertz CT molecular complexity index is 818. The lowest BCUT2D eigenvalue weighted by atomic mass is 9.80. The smallest absolute Gasteiger partial charge is 0.481 e. The summed E-state index contributed by atoms with van der Waals surface area (Å²) >= 11 is 0. The number of nitrogens with zero attached hydrogens (tertiary/aromatic N) is 4. The van der Waals surface area contributed by atoms with Crippen molar-refractivity contribution in [3.05, 3.63) is 36.7 Å². The van der Waals surface area contributed by atoms with E-state index in [4.69, 9.17) is 14.0 Å². The van der Waals surface area contributed by atoms with Crippen LogP contribution in [0.25, 0.3) is 0 Å². The first-order valence-electron chi connectivity index (χ1n) is 10.1. The summed E-state index contributed by atoms with van der Waals surface area (Å²) in [4.78, 5) is 13.6. The Morgan fingerprint density at radius 2 is 1.52 bits per heavy atom. The topological polar surface area (TPSA) is 60.0 Å². The van der Waals surface area contributed by atoms with E-state index in [0.29, 0.717) is 5.88 Å². The van der Waals surface area contributed by atoms with Crippen LogP contribution in [0.2, 0.25) is 0 Å². The standard InChI is InChI=1S/C21H29BN4O3/c1-20(2)21(3,4)29-22(28-20)16-6-8-18(23-14-16)26-12-10-25(11-13-26)17-7-9-19(27-5)24-15-17/h6-9,14-15H,10-13H2,1-5H3. The molecular weight excluding hydrogens is 367 g/mol. The van der Waals surface area contributed by atoms with Gasteiger partial charge in [0, 0.05) is 43.9 Å². The zero-order valence-corrected chi connectivity index (χ0v) is 17.9. The molecule has 0 N–H and O–H groups in total. The van der Waals surface area contributed by atoms with Crippen molar-refractivity contribution >= 4 is 24.1 Å². The second kappa shape index (κ2) is 7.50. The summed E-state index contributed by atoms with van der Waals surface area (Å²) in [6, 6.07) is 8.08. The minimum Gasteiger partial charge on any atom is -0.481 e. The van der Waals surface area contributed by atoms with Crippen LogP contribution in [0.1, 0.15) is 27.7 Å². The van der Waals surface area contributed by atoms with Crippen LogP contribution in [0.4, 0.5) is 11.5 Å². The highest BCUT2D eigenvalue weighted by molar-refractivity contribution is 6.62. The maximum Gasteiger partial charge on any atom is 0.496 e. The summed E-state index contributed by atoms with van der Waals surface area (Å²) in [7, 11) is 1.26. The van der Waals surface area contributed by atoms with E-state index in [-0.39, 0.29) is 18.3 Å². The fraction of sp³-hybridized carbons (Fsp3) is 0.524. The third-order valence-electron chi connectivity index (χ3n) is 6.19. The SMILES string of the molecule is COc1ccc(N2CCN(c3ccc(B4OC(C)(C)C(C)(C)O4)cn3)CC2)cn1. The molecule has 2 aliphatic heterocycles. The molecular formula is C21H29BN4O3. The summed E-state index contributed by atoms with van der Waals surface area (Å²) in [5.41, 5.74) is 1.39. The monoisotopic (exact) mass is 396 g/mol. The minimum atomic E-state index is -0.374. The summed E-state index contributed by atoms with van der Waals surface area (Å²) in [5, 5.41) is 0. The van der Waals surface area contributed by atoms with Crippen molar-refractivity contribution in [3.8, 4) is 5.88 Å². The lowest BCUT2D eigenvalue weighted by molar-refractivity contribution is 0.00578. The predicted molar refractivity (Wildman–Crippen MR) is 115 cm³/mol. The Morgan fingerprint density at radius 1 is 0.862 bits per heavy atom. The van der Waals surface area contributed by atoms with Gasteiger partial charge in [0.25, 0.3) is 0 Å². The molecule has 29 heavy (non-hydrogen) atoms. The molecule has 2 aromatic heterocycles. The zero-order chi connectivity index (χ0) is 20.6. The van der Waals surface area contributed by atoms with Crippen molar-refractivity contribution in [2.45, 2.75) is 38.9 Å². The van der Waals surface area contributed by atoms with E-state index >= 15 is 0 Å². The van der Waals surface area contributed by atoms with E-state index in [0.717, 1.165) is 43.1 Å². The van der Waals surface area contributed by atoms with Gasteiger partial charge in [-0.15, -0.1) is 0 Å². The van der Waals surface area contributed by atoms with E-state index in [1.54, 1.807) is 7.11 Å². The lowest BCUT2D eigenvalue weighted by Gasteiger charge is -2.36. The van der Waals surface area contributed by atoms with Gasteiger partial charge in [0.1, 0.15) is 5.82 Å². The van der Waals surface area contributed by atoms with Gasteiger partial charge in [-0.2, -0.15) is 0 Å². The van der Waals surface area contributed by atoms with E-state index in [1.807, 2.05) is 18.5 Å². The number of methoxy groups -OCH3 is 1. The Hall–Kier alpha value is -2.32. The molecule has 0 radical (unpaired) electrons. The fourth-order valence-electron chi connectivity index (χ4n) is 3.58. The first-order valence-corrected chi connectivity index (χ1v) is 10.1. The first kappa shape index (κ1) is 20.0. The minimum absolute atomic E-state index is 0.344. The van der Waals surface area contributed by atoms with Crippen molar-refractivity contribution in [3.63, 3.8) is 0 Å². The first-order chi connectivity index (χ1) is 13.8. The highest BCUT2D eigenvalue weighted by Crippen LogP contribution is 2.36. The van der Waals surface area contributed by atoms with Gasteiger partial charge in [-0.3, -0.25) is 0 Å². The number of pyridine rings is 2. The number of ether oxygens (including phenoxy) is 1. The van der Waals surface area contributed by atoms with Gasteiger partial charge in [-0.05, 0) is 39.8 Å². The van der Waals surface area contributed by atoms with Crippen LogP contribution < -0.4 is 20.0 Å². The molecule has 2 aromatic rings. The van der Waals surface area contributed by atoms with Crippen LogP contribution >= 0.6 is 0 Å². The molecule has 2 saturated heterocycles. The van der Waals surface area contributed by atoms with Crippen LogP contribution in [-0.4, -0.2) is 61.6 Å². The molecule has 0 atom stereocenters. The average Bonchev–Trinajstić information content (AvgIpc) is 2.95. The van der Waals surface area contributed by atoms with Gasteiger partial charge in [-0.1, -0.05) is 6.07 Å². The second-order valence-corrected chi connectivity index (χ2v) is 8.57. The third-order valence-corrected chi connectivity index (χ3v) is 6.19. The number of aromatic nitrogens is 2. The van der Waals surface area contributed by atoms with Gasteiger partial charge in [0.15, 0.2) is 0 Å². The van der Waals surface area contributed by atoms with E-state index in [2.05, 4.69) is 65.7 Å². The zero-order valence-electron chi connectivity index (χ0n) is 17.9. The largest absolute Gasteiger partial charge is 0.496 e. The van der Waals surface area contributed by atoms with Gasteiger partial charge >= 0.3 is 7.12 Å². The molecule has 4 rings (SSSR count). The highest BCUT2D eigenvalue weighted by Gasteiger charge is 2.51. The predicted octanol–water partition coefficient (Wildman–Crippen LogP) is 2.11.